The second-order valence-corrected chi connectivity index (χ2v) is 5.52. The van der Waals surface area contributed by atoms with Crippen molar-refractivity contribution in [2.75, 3.05) is 0 Å². The van der Waals surface area contributed by atoms with Gasteiger partial charge in [0.1, 0.15) is 11.5 Å². The van der Waals surface area contributed by atoms with Crippen molar-refractivity contribution in [2.45, 2.75) is 25.7 Å². The van der Waals surface area contributed by atoms with Crippen molar-refractivity contribution in [3.8, 4) is 11.4 Å². The molecule has 3 aliphatic rings. The number of aryl methyl sites for hydroxylation is 1. The lowest BCUT2D eigenvalue weighted by Gasteiger charge is -2.18. The highest BCUT2D eigenvalue weighted by Crippen LogP contribution is 2.21. The number of aromatic amines is 1. The molecule has 0 radical (unpaired) electrons. The second kappa shape index (κ2) is 4.69. The van der Waals surface area contributed by atoms with E-state index < -0.39 is 17.1 Å². The molecule has 0 saturated carbocycles. The molecular formula is C16H14FN3O2. The number of hydrogen-bond acceptors (Lipinski definition) is 2. The number of hydrogen-bond donors (Lipinski definition) is 1. The number of rotatable bonds is 1. The summed E-state index contributed by atoms with van der Waals surface area (Å²) in [6, 6.07) is 5.81. The molecule has 5 nitrogen and oxygen atoms in total. The highest BCUT2D eigenvalue weighted by molar-refractivity contribution is 5.41. The smallest absolute Gasteiger partial charge is 0.340 e. The quantitative estimate of drug-likeness (QED) is 0.744. The first-order chi connectivity index (χ1) is 10.7. The van der Waals surface area contributed by atoms with E-state index in [9.17, 15) is 14.0 Å². The normalized spacial score (nSPS) is 14.2. The molecule has 0 amide bonds. The Morgan fingerprint density at radius 1 is 1.00 bits per heavy atom. The van der Waals surface area contributed by atoms with Gasteiger partial charge in [0.15, 0.2) is 0 Å². The minimum atomic E-state index is -0.588. The van der Waals surface area contributed by atoms with Crippen LogP contribution in [0, 0.1) is 5.82 Å². The van der Waals surface area contributed by atoms with E-state index >= 15 is 0 Å². The maximum Gasteiger partial charge on any atom is 0.340 e. The summed E-state index contributed by atoms with van der Waals surface area (Å²) in [6.07, 6.45) is 5.18. The Morgan fingerprint density at radius 2 is 1.77 bits per heavy atom. The van der Waals surface area contributed by atoms with Crippen molar-refractivity contribution < 1.29 is 4.39 Å². The zero-order valence-electron chi connectivity index (χ0n) is 11.8. The zero-order valence-corrected chi connectivity index (χ0v) is 11.8. The van der Waals surface area contributed by atoms with Crippen molar-refractivity contribution in [1.29, 1.82) is 0 Å². The van der Waals surface area contributed by atoms with Crippen molar-refractivity contribution in [1.82, 2.24) is 14.1 Å². The average molecular weight is 299 g/mol. The standard InChI is InChI=1S/C16H14FN3O2/c17-10-5-1-3-7-12(10)20-15(21)14-9-18-11-6-2-4-8-13(11)19(14)16(20)22/h1,3,5,7,9,18H,2,4,6,8H2. The number of para-hydroxylation sites is 1. The molecule has 0 fully saturated rings. The summed E-state index contributed by atoms with van der Waals surface area (Å²) in [5.41, 5.74) is 1.06. The van der Waals surface area contributed by atoms with E-state index in [0.717, 1.165) is 41.6 Å². The van der Waals surface area contributed by atoms with Crippen molar-refractivity contribution in [3.05, 3.63) is 68.5 Å². The van der Waals surface area contributed by atoms with Gasteiger partial charge >= 0.3 is 5.69 Å². The van der Waals surface area contributed by atoms with Gasteiger partial charge in [-0.1, -0.05) is 12.1 Å². The molecule has 0 unspecified atom stereocenters. The fraction of sp³-hybridized carbons (Fsp3) is 0.250. The monoisotopic (exact) mass is 299 g/mol. The van der Waals surface area contributed by atoms with Crippen LogP contribution in [0.15, 0.2) is 40.1 Å². The number of aromatic nitrogens is 3. The van der Waals surface area contributed by atoms with E-state index in [1.54, 1.807) is 12.3 Å². The fourth-order valence-corrected chi connectivity index (χ4v) is 3.18. The molecule has 112 valence electrons. The van der Waals surface area contributed by atoms with E-state index in [2.05, 4.69) is 4.98 Å². The number of H-pyrrole nitrogens is 1. The highest BCUT2D eigenvalue weighted by Gasteiger charge is 2.25. The number of benzene rings is 1. The minimum absolute atomic E-state index is 0.00856. The summed E-state index contributed by atoms with van der Waals surface area (Å²) < 4.78 is 16.3. The molecule has 2 aliphatic heterocycles. The number of nitrogens with zero attached hydrogens (tertiary/aromatic N) is 2. The molecule has 4 rings (SSSR count). The van der Waals surface area contributed by atoms with Crippen LogP contribution in [0.5, 0.6) is 0 Å². The van der Waals surface area contributed by atoms with E-state index in [1.807, 2.05) is 0 Å². The van der Waals surface area contributed by atoms with Crippen molar-refractivity contribution in [2.24, 2.45) is 0 Å². The topological polar surface area (TPSA) is 59.8 Å². The summed E-state index contributed by atoms with van der Waals surface area (Å²) in [4.78, 5) is 28.4. The van der Waals surface area contributed by atoms with Crippen LogP contribution in [-0.2, 0) is 12.8 Å². The van der Waals surface area contributed by atoms with Crippen LogP contribution >= 0.6 is 0 Å². The highest BCUT2D eigenvalue weighted by atomic mass is 19.1. The Hall–Kier alpha value is -2.63. The van der Waals surface area contributed by atoms with Gasteiger partial charge in [-0.15, -0.1) is 0 Å². The first kappa shape index (κ1) is 13.1. The first-order valence-corrected chi connectivity index (χ1v) is 7.30. The third kappa shape index (κ3) is 1.70. The van der Waals surface area contributed by atoms with Crippen LogP contribution in [0.3, 0.4) is 0 Å². The molecule has 0 aromatic heterocycles. The van der Waals surface area contributed by atoms with Gasteiger partial charge in [-0.2, -0.15) is 0 Å². The molecule has 6 heteroatoms. The summed E-state index contributed by atoms with van der Waals surface area (Å²) in [7, 11) is 0. The number of halogens is 1. The van der Waals surface area contributed by atoms with E-state index in [0.29, 0.717) is 0 Å². The number of imidazole rings is 1. The SMILES string of the molecule is O=c1c2c[nH]c3c(n-2c(=O)n1-c1ccccc1F)CCCC3. The van der Waals surface area contributed by atoms with Crippen LogP contribution in [-0.4, -0.2) is 14.1 Å². The van der Waals surface area contributed by atoms with Gasteiger partial charge < -0.3 is 4.98 Å². The van der Waals surface area contributed by atoms with Gasteiger partial charge in [0.05, 0.1) is 5.69 Å². The van der Waals surface area contributed by atoms with Crippen LogP contribution < -0.4 is 11.2 Å². The van der Waals surface area contributed by atoms with Gasteiger partial charge in [-0.3, -0.25) is 9.36 Å². The second-order valence-electron chi connectivity index (χ2n) is 5.52. The molecule has 22 heavy (non-hydrogen) atoms. The van der Waals surface area contributed by atoms with Gasteiger partial charge in [-0.05, 0) is 37.8 Å². The van der Waals surface area contributed by atoms with Crippen molar-refractivity contribution >= 4 is 0 Å². The largest absolute Gasteiger partial charge is 0.362 e. The van der Waals surface area contributed by atoms with E-state index in [1.165, 1.54) is 22.8 Å². The summed E-state index contributed by atoms with van der Waals surface area (Å²) in [6.45, 7) is 0. The zero-order chi connectivity index (χ0) is 15.3. The molecule has 0 atom stereocenters. The average Bonchev–Trinajstić information content (AvgIpc) is 2.80. The molecule has 1 aliphatic carbocycles. The molecule has 0 bridgehead atoms. The van der Waals surface area contributed by atoms with Crippen LogP contribution in [0.25, 0.3) is 11.4 Å². The first-order valence-electron chi connectivity index (χ1n) is 7.30. The summed E-state index contributed by atoms with van der Waals surface area (Å²) >= 11 is 0. The van der Waals surface area contributed by atoms with Gasteiger partial charge in [0.2, 0.25) is 0 Å². The van der Waals surface area contributed by atoms with Gasteiger partial charge in [0, 0.05) is 17.6 Å². The van der Waals surface area contributed by atoms with Crippen molar-refractivity contribution in [3.63, 3.8) is 0 Å². The van der Waals surface area contributed by atoms with E-state index in [4.69, 9.17) is 0 Å². The Balaban J connectivity index is 2.10. The maximum absolute atomic E-state index is 14.0. The van der Waals surface area contributed by atoms with E-state index in [-0.39, 0.29) is 11.4 Å². The molecule has 0 saturated heterocycles. The Bertz CT molecular complexity index is 951. The molecular weight excluding hydrogens is 285 g/mol. The lowest BCUT2D eigenvalue weighted by Crippen LogP contribution is -2.28. The number of nitrogens with one attached hydrogen (secondary N) is 1. The Kier molecular flexibility index (Phi) is 2.79. The Morgan fingerprint density at radius 3 is 2.59 bits per heavy atom. The fourth-order valence-electron chi connectivity index (χ4n) is 3.18. The van der Waals surface area contributed by atoms with Crippen LogP contribution in [0.2, 0.25) is 0 Å². The number of fused-ring (bicyclic) bond motifs is 3. The predicted molar refractivity (Wildman–Crippen MR) is 79.8 cm³/mol. The molecule has 0 spiro atoms. The lowest BCUT2D eigenvalue weighted by atomic mass is 10.00. The van der Waals surface area contributed by atoms with Crippen LogP contribution in [0.1, 0.15) is 24.2 Å². The summed E-state index contributed by atoms with van der Waals surface area (Å²) in [5.74, 6) is -0.588. The predicted octanol–water partition coefficient (Wildman–Crippen LogP) is 1.77. The Labute approximate surface area is 125 Å². The third-order valence-corrected chi connectivity index (χ3v) is 4.23. The van der Waals surface area contributed by atoms with Gasteiger partial charge in [-0.25, -0.2) is 13.8 Å². The van der Waals surface area contributed by atoms with Crippen LogP contribution in [0.4, 0.5) is 4.39 Å². The molecule has 1 aromatic carbocycles. The molecule has 2 heterocycles. The maximum atomic E-state index is 14.0. The molecule has 1 N–H and O–H groups in total. The van der Waals surface area contributed by atoms with Gasteiger partial charge in [0.25, 0.3) is 5.56 Å². The minimum Gasteiger partial charge on any atom is -0.362 e. The molecule has 1 aromatic rings. The lowest BCUT2D eigenvalue weighted by molar-refractivity contribution is 0.610. The summed E-state index contributed by atoms with van der Waals surface area (Å²) in [5, 5.41) is 0. The third-order valence-electron chi connectivity index (χ3n) is 4.23.